The first-order chi connectivity index (χ1) is 8.70. The number of halogens is 1. The molecule has 0 heterocycles. The van der Waals surface area contributed by atoms with Gasteiger partial charge in [0, 0.05) is 5.02 Å². The molecule has 0 saturated carbocycles. The van der Waals surface area contributed by atoms with E-state index in [1.54, 1.807) is 0 Å². The van der Waals surface area contributed by atoms with E-state index in [1.807, 2.05) is 12.1 Å². The zero-order valence-electron chi connectivity index (χ0n) is 10.8. The van der Waals surface area contributed by atoms with Gasteiger partial charge in [-0.05, 0) is 36.1 Å². The quantitative estimate of drug-likeness (QED) is 0.647. The molecule has 2 aromatic carbocycles. The summed E-state index contributed by atoms with van der Waals surface area (Å²) in [6.45, 7) is 4.24. The van der Waals surface area contributed by atoms with Crippen molar-refractivity contribution in [2.45, 2.75) is 20.3 Å². The monoisotopic (exact) mass is 256 g/mol. The number of hydrogen-bond donors (Lipinski definition) is 0. The number of aryl methyl sites for hydroxylation is 2. The van der Waals surface area contributed by atoms with Gasteiger partial charge in [0.1, 0.15) is 0 Å². The minimum absolute atomic E-state index is 0.817. The van der Waals surface area contributed by atoms with E-state index < -0.39 is 0 Å². The predicted molar refractivity (Wildman–Crippen MR) is 80.9 cm³/mol. The molecule has 0 atom stereocenters. The van der Waals surface area contributed by atoms with Gasteiger partial charge in [-0.15, -0.1) is 0 Å². The highest BCUT2D eigenvalue weighted by Crippen LogP contribution is 2.23. The van der Waals surface area contributed by atoms with Crippen molar-refractivity contribution in [1.82, 2.24) is 0 Å². The van der Waals surface area contributed by atoms with Gasteiger partial charge in [0.2, 0.25) is 0 Å². The summed E-state index contributed by atoms with van der Waals surface area (Å²) < 4.78 is 0. The van der Waals surface area contributed by atoms with Crippen LogP contribution in [0.4, 0.5) is 0 Å². The molecule has 0 spiro atoms. The second kappa shape index (κ2) is 5.88. The molecule has 0 amide bonds. The van der Waals surface area contributed by atoms with E-state index in [2.05, 4.69) is 56.3 Å². The predicted octanol–water partition coefficient (Wildman–Crippen LogP) is 5.38. The fourth-order valence-corrected chi connectivity index (χ4v) is 2.19. The Bertz CT molecular complexity index is 550. The van der Waals surface area contributed by atoms with Crippen LogP contribution in [-0.2, 0) is 6.42 Å². The van der Waals surface area contributed by atoms with Crippen molar-refractivity contribution in [3.05, 3.63) is 69.7 Å². The van der Waals surface area contributed by atoms with Gasteiger partial charge in [-0.3, -0.25) is 0 Å². The lowest BCUT2D eigenvalue weighted by molar-refractivity contribution is 1.13. The van der Waals surface area contributed by atoms with E-state index in [0.29, 0.717) is 0 Å². The molecule has 18 heavy (non-hydrogen) atoms. The van der Waals surface area contributed by atoms with E-state index in [1.165, 1.54) is 16.7 Å². The summed E-state index contributed by atoms with van der Waals surface area (Å²) >= 11 is 6.25. The highest BCUT2D eigenvalue weighted by molar-refractivity contribution is 6.32. The van der Waals surface area contributed by atoms with Crippen molar-refractivity contribution in [2.75, 3.05) is 0 Å². The van der Waals surface area contributed by atoms with Gasteiger partial charge in [-0.2, -0.15) is 0 Å². The molecule has 0 aromatic heterocycles. The Kier molecular flexibility index (Phi) is 4.22. The SMILES string of the molecule is CCc1cccc(Cl)c1/C=C/c1ccc(C)cc1. The normalized spacial score (nSPS) is 11.1. The summed E-state index contributed by atoms with van der Waals surface area (Å²) in [5.41, 5.74) is 4.88. The Morgan fingerprint density at radius 1 is 1.00 bits per heavy atom. The molecule has 2 rings (SSSR count). The Hall–Kier alpha value is -1.53. The maximum absolute atomic E-state index is 6.25. The summed E-state index contributed by atoms with van der Waals surface area (Å²) in [6.07, 6.45) is 5.21. The van der Waals surface area contributed by atoms with Crippen LogP contribution in [0, 0.1) is 6.92 Å². The summed E-state index contributed by atoms with van der Waals surface area (Å²) in [6, 6.07) is 14.5. The smallest absolute Gasteiger partial charge is 0.0481 e. The highest BCUT2D eigenvalue weighted by Gasteiger charge is 2.01. The largest absolute Gasteiger partial charge is 0.0837 e. The topological polar surface area (TPSA) is 0 Å². The third kappa shape index (κ3) is 3.02. The first kappa shape index (κ1) is 12.9. The highest BCUT2D eigenvalue weighted by atomic mass is 35.5. The van der Waals surface area contributed by atoms with Crippen LogP contribution >= 0.6 is 11.6 Å². The lowest BCUT2D eigenvalue weighted by Crippen LogP contribution is -1.86. The molecule has 0 bridgehead atoms. The second-order valence-corrected chi connectivity index (χ2v) is 4.82. The van der Waals surface area contributed by atoms with Crippen molar-refractivity contribution < 1.29 is 0 Å². The Labute approximate surface area is 114 Å². The first-order valence-electron chi connectivity index (χ1n) is 6.23. The third-order valence-electron chi connectivity index (χ3n) is 3.04. The van der Waals surface area contributed by atoms with Crippen molar-refractivity contribution in [1.29, 1.82) is 0 Å². The minimum Gasteiger partial charge on any atom is -0.0837 e. The molecule has 0 radical (unpaired) electrons. The summed E-state index contributed by atoms with van der Waals surface area (Å²) in [5, 5.41) is 0.817. The molecular weight excluding hydrogens is 240 g/mol. The number of hydrogen-bond acceptors (Lipinski definition) is 0. The van der Waals surface area contributed by atoms with E-state index in [-0.39, 0.29) is 0 Å². The summed E-state index contributed by atoms with van der Waals surface area (Å²) in [5.74, 6) is 0. The van der Waals surface area contributed by atoms with Crippen LogP contribution in [0.3, 0.4) is 0 Å². The molecule has 0 aliphatic heterocycles. The molecule has 92 valence electrons. The van der Waals surface area contributed by atoms with Gasteiger partial charge in [0.25, 0.3) is 0 Å². The summed E-state index contributed by atoms with van der Waals surface area (Å²) in [7, 11) is 0. The molecular formula is C17H17Cl. The molecule has 0 N–H and O–H groups in total. The average molecular weight is 257 g/mol. The molecule has 0 aliphatic carbocycles. The molecule has 0 nitrogen and oxygen atoms in total. The van der Waals surface area contributed by atoms with Crippen molar-refractivity contribution in [3.63, 3.8) is 0 Å². The fraction of sp³-hybridized carbons (Fsp3) is 0.176. The standard InChI is InChI=1S/C17H17Cl/c1-3-15-5-4-6-17(18)16(15)12-11-14-9-7-13(2)8-10-14/h4-12H,3H2,1-2H3/b12-11+. The fourth-order valence-electron chi connectivity index (χ4n) is 1.93. The van der Waals surface area contributed by atoms with Gasteiger partial charge in [-0.25, -0.2) is 0 Å². The van der Waals surface area contributed by atoms with E-state index in [4.69, 9.17) is 11.6 Å². The van der Waals surface area contributed by atoms with Gasteiger partial charge in [-0.1, -0.05) is 72.6 Å². The Balaban J connectivity index is 2.31. The number of rotatable bonds is 3. The Morgan fingerprint density at radius 3 is 2.39 bits per heavy atom. The van der Waals surface area contributed by atoms with Gasteiger partial charge >= 0.3 is 0 Å². The van der Waals surface area contributed by atoms with Crippen molar-refractivity contribution >= 4 is 23.8 Å². The van der Waals surface area contributed by atoms with Crippen molar-refractivity contribution in [2.24, 2.45) is 0 Å². The van der Waals surface area contributed by atoms with Crippen LogP contribution in [0.2, 0.25) is 5.02 Å². The molecule has 2 aromatic rings. The average Bonchev–Trinajstić information content (AvgIpc) is 2.39. The van der Waals surface area contributed by atoms with Crippen LogP contribution in [0.15, 0.2) is 42.5 Å². The minimum atomic E-state index is 0.817. The van der Waals surface area contributed by atoms with E-state index >= 15 is 0 Å². The molecule has 1 heteroatoms. The van der Waals surface area contributed by atoms with Gasteiger partial charge in [0.05, 0.1) is 0 Å². The molecule has 0 fully saturated rings. The van der Waals surface area contributed by atoms with Crippen molar-refractivity contribution in [3.8, 4) is 0 Å². The van der Waals surface area contributed by atoms with E-state index in [9.17, 15) is 0 Å². The third-order valence-corrected chi connectivity index (χ3v) is 3.37. The zero-order chi connectivity index (χ0) is 13.0. The second-order valence-electron chi connectivity index (χ2n) is 4.41. The summed E-state index contributed by atoms with van der Waals surface area (Å²) in [4.78, 5) is 0. The lowest BCUT2D eigenvalue weighted by atomic mass is 10.0. The Morgan fingerprint density at radius 2 is 1.72 bits per heavy atom. The van der Waals surface area contributed by atoms with Crippen LogP contribution in [-0.4, -0.2) is 0 Å². The zero-order valence-corrected chi connectivity index (χ0v) is 11.5. The molecule has 0 saturated heterocycles. The van der Waals surface area contributed by atoms with Gasteiger partial charge < -0.3 is 0 Å². The lowest BCUT2D eigenvalue weighted by Gasteiger charge is -2.05. The van der Waals surface area contributed by atoms with Crippen LogP contribution in [0.5, 0.6) is 0 Å². The first-order valence-corrected chi connectivity index (χ1v) is 6.60. The van der Waals surface area contributed by atoms with Crippen LogP contribution < -0.4 is 0 Å². The maximum Gasteiger partial charge on any atom is 0.0481 e. The number of benzene rings is 2. The van der Waals surface area contributed by atoms with Crippen LogP contribution in [0.25, 0.3) is 12.2 Å². The molecule has 0 aliphatic rings. The molecule has 0 unspecified atom stereocenters. The van der Waals surface area contributed by atoms with Gasteiger partial charge in [0.15, 0.2) is 0 Å². The van der Waals surface area contributed by atoms with Crippen LogP contribution in [0.1, 0.15) is 29.2 Å². The maximum atomic E-state index is 6.25. The van der Waals surface area contributed by atoms with E-state index in [0.717, 1.165) is 17.0 Å².